The fraction of sp³-hybridized carbons (Fsp3) is 0.250. The minimum absolute atomic E-state index is 0.00237. The van der Waals surface area contributed by atoms with Crippen LogP contribution in [0.3, 0.4) is 0 Å². The van der Waals surface area contributed by atoms with Crippen molar-refractivity contribution in [2.75, 3.05) is 7.05 Å². The maximum Gasteiger partial charge on any atom is 0.473 e. The van der Waals surface area contributed by atoms with Crippen LogP contribution < -0.4 is 5.32 Å². The molecule has 5 nitrogen and oxygen atoms in total. The highest BCUT2D eigenvalue weighted by molar-refractivity contribution is 8.45. The van der Waals surface area contributed by atoms with E-state index in [4.69, 9.17) is 0 Å². The van der Waals surface area contributed by atoms with Gasteiger partial charge in [0.1, 0.15) is 16.5 Å². The number of rotatable bonds is 3. The molecule has 1 heterocycles. The normalized spacial score (nSPS) is 24.2. The number of benzene rings is 2. The van der Waals surface area contributed by atoms with E-state index in [-0.39, 0.29) is 17.7 Å². The lowest BCUT2D eigenvalue weighted by Crippen LogP contribution is -2.63. The van der Waals surface area contributed by atoms with Gasteiger partial charge in [0.25, 0.3) is 0 Å². The summed E-state index contributed by atoms with van der Waals surface area (Å²) < 4.78 is 132. The highest BCUT2D eigenvalue weighted by atomic mass is 32.5. The van der Waals surface area contributed by atoms with E-state index in [0.29, 0.717) is 23.1 Å². The molecule has 2 amide bonds. The molecule has 0 radical (unpaired) electrons. The molecule has 1 aliphatic heterocycles. The quantitative estimate of drug-likeness (QED) is 0.468. The molecular formula is C20H15F10N3O2S. The molecule has 1 aliphatic rings. The van der Waals surface area contributed by atoms with Gasteiger partial charge in [-0.3, -0.25) is 14.5 Å². The predicted octanol–water partition coefficient (Wildman–Crippen LogP) is 6.13. The van der Waals surface area contributed by atoms with E-state index in [9.17, 15) is 51.0 Å². The second kappa shape index (κ2) is 7.60. The maximum absolute atomic E-state index is 14.8. The zero-order valence-electron chi connectivity index (χ0n) is 18.0. The number of halogens is 10. The smallest absolute Gasteiger partial charge is 0.345 e. The number of carbonyl (C=O) groups excluding carboxylic acids is 2. The molecule has 0 aliphatic carbocycles. The molecule has 2 aromatic carbocycles. The Kier molecular flexibility index (Phi) is 5.76. The van der Waals surface area contributed by atoms with Gasteiger partial charge in [0.05, 0.1) is 11.5 Å². The summed E-state index contributed by atoms with van der Waals surface area (Å²) in [5.74, 6) is -8.95. The summed E-state index contributed by atoms with van der Waals surface area (Å²) in [7, 11) is -9.22. The molecule has 1 N–H and O–H groups in total. The Morgan fingerprint density at radius 2 is 1.58 bits per heavy atom. The molecule has 0 spiro atoms. The summed E-state index contributed by atoms with van der Waals surface area (Å²) in [6.45, 7) is 1.03. The third-order valence-electron chi connectivity index (χ3n) is 5.44. The lowest BCUT2D eigenvalue weighted by molar-refractivity contribution is -0.169. The molecule has 36 heavy (non-hydrogen) atoms. The molecule has 1 fully saturated rings. The van der Waals surface area contributed by atoms with E-state index in [1.165, 1.54) is 0 Å². The Bertz CT molecular complexity index is 1280. The summed E-state index contributed by atoms with van der Waals surface area (Å²) in [5, 5.41) is 2.31. The Balaban J connectivity index is 2.22. The van der Waals surface area contributed by atoms with Gasteiger partial charge < -0.3 is 5.32 Å². The average Bonchev–Trinajstić information content (AvgIpc) is 2.69. The standard InChI is InChI=1S/C20H15F10N3O2S/c1-19(13-8-5-11(21)9-14(13)22)15(10-3-6-12(7-4-10)36(26,27,28,29)30)16(34)33(2)18(32-19)31-17(35)20(23,24)25/h3-9,15H,1-2H3,(H,31,32,35)/t15-,19+/m0/s1. The van der Waals surface area contributed by atoms with Crippen LogP contribution in [0.2, 0.25) is 0 Å². The molecule has 0 saturated carbocycles. The minimum atomic E-state index is -10.1. The van der Waals surface area contributed by atoms with Gasteiger partial charge in [-0.2, -0.15) is 18.2 Å². The number of amides is 2. The minimum Gasteiger partial charge on any atom is -0.345 e. The van der Waals surface area contributed by atoms with Gasteiger partial charge in [-0.1, -0.05) is 37.6 Å². The molecule has 0 aromatic heterocycles. The molecule has 1 saturated heterocycles. The highest BCUT2D eigenvalue weighted by Crippen LogP contribution is 3.02. The van der Waals surface area contributed by atoms with E-state index < -0.39 is 67.7 Å². The first-order chi connectivity index (χ1) is 16.0. The van der Waals surface area contributed by atoms with Crippen molar-refractivity contribution in [1.82, 2.24) is 10.2 Å². The van der Waals surface area contributed by atoms with E-state index in [1.807, 2.05) is 0 Å². The number of likely N-dealkylation sites (N-methyl/N-ethyl adjacent to an activating group) is 1. The summed E-state index contributed by atoms with van der Waals surface area (Å²) >= 11 is 0. The number of aliphatic imine (C=N–C) groups is 1. The first-order valence-electron chi connectivity index (χ1n) is 9.60. The maximum atomic E-state index is 14.8. The van der Waals surface area contributed by atoms with Gasteiger partial charge in [-0.25, -0.2) is 8.78 Å². The van der Waals surface area contributed by atoms with Crippen LogP contribution in [-0.4, -0.2) is 35.9 Å². The average molecular weight is 551 g/mol. The van der Waals surface area contributed by atoms with Gasteiger partial charge in [0.2, 0.25) is 11.9 Å². The van der Waals surface area contributed by atoms with Crippen LogP contribution in [-0.2, 0) is 15.1 Å². The fourth-order valence-electron chi connectivity index (χ4n) is 3.72. The number of alkyl halides is 3. The molecule has 0 bridgehead atoms. The van der Waals surface area contributed by atoms with Crippen LogP contribution in [0.1, 0.15) is 24.0 Å². The lowest BCUT2D eigenvalue weighted by atomic mass is 9.73. The summed E-state index contributed by atoms with van der Waals surface area (Å²) in [6.07, 6.45) is -5.45. The molecular weight excluding hydrogens is 536 g/mol. The Morgan fingerprint density at radius 3 is 2.06 bits per heavy atom. The van der Waals surface area contributed by atoms with Crippen molar-refractivity contribution >= 4 is 28.0 Å². The number of guanidine groups is 1. The Hall–Kier alpha value is -3.30. The number of hydrogen-bond acceptors (Lipinski definition) is 2. The second-order valence-electron chi connectivity index (χ2n) is 8.06. The summed E-state index contributed by atoms with van der Waals surface area (Å²) in [6, 6.07) is 2.97. The third-order valence-corrected chi connectivity index (χ3v) is 6.61. The first kappa shape index (κ1) is 27.3. The van der Waals surface area contributed by atoms with Gasteiger partial charge >= 0.3 is 22.3 Å². The topological polar surface area (TPSA) is 61.8 Å². The summed E-state index contributed by atoms with van der Waals surface area (Å²) in [4.78, 5) is 25.5. The monoisotopic (exact) mass is 551 g/mol. The zero-order valence-corrected chi connectivity index (χ0v) is 18.8. The van der Waals surface area contributed by atoms with Crippen LogP contribution in [0.4, 0.5) is 41.4 Å². The number of hydrogen-bond donors (Lipinski definition) is 1. The van der Waals surface area contributed by atoms with Crippen LogP contribution in [0.25, 0.3) is 0 Å². The fourth-order valence-corrected chi connectivity index (χ4v) is 4.37. The molecule has 2 aromatic rings. The number of carbonyl (C=O) groups is 2. The van der Waals surface area contributed by atoms with Crippen molar-refractivity contribution in [2.24, 2.45) is 4.99 Å². The first-order valence-corrected chi connectivity index (χ1v) is 11.5. The highest BCUT2D eigenvalue weighted by Gasteiger charge is 2.65. The van der Waals surface area contributed by atoms with Gasteiger partial charge in [0, 0.05) is 18.7 Å². The molecule has 16 heteroatoms. The van der Waals surface area contributed by atoms with Crippen molar-refractivity contribution in [3.63, 3.8) is 0 Å². The largest absolute Gasteiger partial charge is 0.473 e. The van der Waals surface area contributed by atoms with Gasteiger partial charge in [0.15, 0.2) is 0 Å². The SMILES string of the molecule is CN1C(=O)[C@H](c2ccc(S(F)(F)(F)(F)F)cc2)[C@@](C)(c2ccc(F)cc2F)N/C1=N/C(=O)C(F)(F)F. The van der Waals surface area contributed by atoms with Gasteiger partial charge in [-0.15, -0.1) is 0 Å². The van der Waals surface area contributed by atoms with E-state index in [2.05, 4.69) is 10.3 Å². The molecule has 3 rings (SSSR count). The van der Waals surface area contributed by atoms with Crippen LogP contribution >= 0.6 is 10.2 Å². The van der Waals surface area contributed by atoms with E-state index >= 15 is 0 Å². The Morgan fingerprint density at radius 1 is 1.03 bits per heavy atom. The van der Waals surface area contributed by atoms with Crippen LogP contribution in [0.5, 0.6) is 0 Å². The van der Waals surface area contributed by atoms with Crippen molar-refractivity contribution in [1.29, 1.82) is 0 Å². The zero-order chi connectivity index (χ0) is 27.5. The predicted molar refractivity (Wildman–Crippen MR) is 109 cm³/mol. The van der Waals surface area contributed by atoms with Crippen molar-refractivity contribution in [3.05, 3.63) is 65.2 Å². The van der Waals surface area contributed by atoms with Crippen LogP contribution in [0, 0.1) is 11.6 Å². The lowest BCUT2D eigenvalue weighted by Gasteiger charge is -2.46. The molecule has 2 atom stereocenters. The Labute approximate surface area is 196 Å². The van der Waals surface area contributed by atoms with Crippen molar-refractivity contribution in [2.45, 2.75) is 29.5 Å². The van der Waals surface area contributed by atoms with Crippen LogP contribution in [0.15, 0.2) is 52.4 Å². The molecule has 0 unspecified atom stereocenters. The number of nitrogens with one attached hydrogen (secondary N) is 1. The van der Waals surface area contributed by atoms with Crippen molar-refractivity contribution < 1.29 is 51.0 Å². The summed E-state index contributed by atoms with van der Waals surface area (Å²) in [5.41, 5.74) is -3.10. The number of nitrogens with zero attached hydrogens (tertiary/aromatic N) is 2. The van der Waals surface area contributed by atoms with Crippen molar-refractivity contribution in [3.8, 4) is 0 Å². The van der Waals surface area contributed by atoms with Gasteiger partial charge in [-0.05, 0) is 30.7 Å². The van der Waals surface area contributed by atoms with E-state index in [1.54, 1.807) is 0 Å². The second-order valence-corrected chi connectivity index (χ2v) is 10.5. The third kappa shape index (κ3) is 5.12. The van der Waals surface area contributed by atoms with E-state index in [0.717, 1.165) is 26.1 Å². The molecule has 198 valence electrons.